The molecule has 28 heavy (non-hydrogen) atoms. The second-order valence-electron chi connectivity index (χ2n) is 8.31. The van der Waals surface area contributed by atoms with Gasteiger partial charge in [0.15, 0.2) is 5.58 Å². The first kappa shape index (κ1) is 19.5. The number of rotatable bonds is 3. The van der Waals surface area contributed by atoms with Gasteiger partial charge in [-0.15, -0.1) is 0 Å². The molecule has 7 heteroatoms. The SMILES string of the molecule is CC1CCCC(C)N1C(=O)CN1CCCC(n2c(=O)oc3ccc(Cl)cc32)C1. The van der Waals surface area contributed by atoms with E-state index >= 15 is 0 Å². The first-order chi connectivity index (χ1) is 13.4. The van der Waals surface area contributed by atoms with E-state index in [1.807, 2.05) is 0 Å². The Morgan fingerprint density at radius 3 is 2.68 bits per heavy atom. The smallest absolute Gasteiger partial charge is 0.408 e. The minimum atomic E-state index is -0.353. The molecule has 2 fully saturated rings. The lowest BCUT2D eigenvalue weighted by molar-refractivity contribution is -0.138. The molecule has 3 atom stereocenters. The van der Waals surface area contributed by atoms with Gasteiger partial charge in [-0.25, -0.2) is 4.79 Å². The second-order valence-corrected chi connectivity index (χ2v) is 8.75. The Bertz CT molecular complexity index is 911. The lowest BCUT2D eigenvalue weighted by Gasteiger charge is -2.41. The third kappa shape index (κ3) is 3.72. The molecule has 3 unspecified atom stereocenters. The number of oxazole rings is 1. The molecular weight excluding hydrogens is 378 g/mol. The van der Waals surface area contributed by atoms with Gasteiger partial charge in [0.25, 0.3) is 0 Å². The summed E-state index contributed by atoms with van der Waals surface area (Å²) in [6.07, 6.45) is 5.19. The number of amides is 1. The van der Waals surface area contributed by atoms with Crippen LogP contribution in [0.4, 0.5) is 0 Å². The van der Waals surface area contributed by atoms with Crippen molar-refractivity contribution in [3.8, 4) is 0 Å². The number of aromatic nitrogens is 1. The Labute approximate surface area is 170 Å². The zero-order valence-electron chi connectivity index (χ0n) is 16.6. The van der Waals surface area contributed by atoms with E-state index in [2.05, 4.69) is 23.6 Å². The summed E-state index contributed by atoms with van der Waals surface area (Å²) in [6, 6.07) is 5.84. The molecule has 1 amide bonds. The normalized spacial score (nSPS) is 26.7. The molecule has 2 aromatic rings. The Morgan fingerprint density at radius 1 is 1.18 bits per heavy atom. The number of carbonyl (C=O) groups excluding carboxylic acids is 1. The van der Waals surface area contributed by atoms with Gasteiger partial charge in [-0.1, -0.05) is 11.6 Å². The van der Waals surface area contributed by atoms with E-state index in [1.165, 1.54) is 6.42 Å². The molecule has 0 spiro atoms. The van der Waals surface area contributed by atoms with Gasteiger partial charge in [-0.3, -0.25) is 14.3 Å². The van der Waals surface area contributed by atoms with Crippen LogP contribution in [0.5, 0.6) is 0 Å². The monoisotopic (exact) mass is 405 g/mol. The molecule has 0 radical (unpaired) electrons. The molecule has 2 aliphatic heterocycles. The maximum Gasteiger partial charge on any atom is 0.420 e. The molecule has 1 aromatic carbocycles. The third-order valence-corrected chi connectivity index (χ3v) is 6.50. The Morgan fingerprint density at radius 2 is 1.93 bits per heavy atom. The molecule has 1 aromatic heterocycles. The molecule has 0 bridgehead atoms. The quantitative estimate of drug-likeness (QED) is 0.781. The van der Waals surface area contributed by atoms with Crippen molar-refractivity contribution in [3.05, 3.63) is 33.8 Å². The number of nitrogens with zero attached hydrogens (tertiary/aromatic N) is 3. The van der Waals surface area contributed by atoms with Crippen molar-refractivity contribution in [3.63, 3.8) is 0 Å². The van der Waals surface area contributed by atoms with Crippen molar-refractivity contribution >= 4 is 28.6 Å². The number of piperidine rings is 2. The van der Waals surface area contributed by atoms with Crippen LogP contribution in [0.25, 0.3) is 11.1 Å². The summed E-state index contributed by atoms with van der Waals surface area (Å²) in [6.45, 7) is 6.25. The first-order valence-corrected chi connectivity index (χ1v) is 10.7. The van der Waals surface area contributed by atoms with Crippen LogP contribution < -0.4 is 5.76 Å². The fourth-order valence-corrected chi connectivity index (χ4v) is 5.09. The molecule has 0 aliphatic carbocycles. The molecule has 4 rings (SSSR count). The molecule has 2 saturated heterocycles. The number of benzene rings is 1. The van der Waals surface area contributed by atoms with E-state index in [4.69, 9.17) is 16.0 Å². The van der Waals surface area contributed by atoms with E-state index in [1.54, 1.807) is 22.8 Å². The van der Waals surface area contributed by atoms with Gasteiger partial charge in [0.1, 0.15) is 0 Å². The van der Waals surface area contributed by atoms with E-state index in [0.29, 0.717) is 35.8 Å². The van der Waals surface area contributed by atoms with Crippen molar-refractivity contribution in [1.82, 2.24) is 14.4 Å². The maximum absolute atomic E-state index is 13.0. The largest absolute Gasteiger partial charge is 0.420 e. The number of likely N-dealkylation sites (tertiary alicyclic amines) is 2. The van der Waals surface area contributed by atoms with Crippen LogP contribution >= 0.6 is 11.6 Å². The van der Waals surface area contributed by atoms with Gasteiger partial charge in [0.05, 0.1) is 18.1 Å². The summed E-state index contributed by atoms with van der Waals surface area (Å²) >= 11 is 6.13. The first-order valence-electron chi connectivity index (χ1n) is 10.3. The summed E-state index contributed by atoms with van der Waals surface area (Å²) in [5, 5.41) is 0.581. The van der Waals surface area contributed by atoms with Crippen LogP contribution in [0.3, 0.4) is 0 Å². The van der Waals surface area contributed by atoms with Crippen molar-refractivity contribution in [1.29, 1.82) is 0 Å². The Hall–Kier alpha value is -1.79. The van der Waals surface area contributed by atoms with Crippen molar-refractivity contribution in [2.75, 3.05) is 19.6 Å². The van der Waals surface area contributed by atoms with Gasteiger partial charge < -0.3 is 9.32 Å². The van der Waals surface area contributed by atoms with E-state index in [-0.39, 0.29) is 17.7 Å². The number of fused-ring (bicyclic) bond motifs is 1. The minimum absolute atomic E-state index is 0.00929. The van der Waals surface area contributed by atoms with Gasteiger partial charge in [0.2, 0.25) is 5.91 Å². The number of hydrogen-bond acceptors (Lipinski definition) is 4. The maximum atomic E-state index is 13.0. The predicted molar refractivity (Wildman–Crippen MR) is 110 cm³/mol. The predicted octanol–water partition coefficient (Wildman–Crippen LogP) is 3.67. The molecule has 0 N–H and O–H groups in total. The van der Waals surface area contributed by atoms with Crippen molar-refractivity contribution < 1.29 is 9.21 Å². The minimum Gasteiger partial charge on any atom is -0.408 e. The zero-order chi connectivity index (χ0) is 19.8. The third-order valence-electron chi connectivity index (χ3n) is 6.26. The Kier molecular flexibility index (Phi) is 5.52. The van der Waals surface area contributed by atoms with E-state index in [9.17, 15) is 9.59 Å². The van der Waals surface area contributed by atoms with Crippen LogP contribution in [0, 0.1) is 0 Å². The standard InChI is InChI=1S/C21H28ClN3O3/c1-14-5-3-6-15(2)24(14)20(26)13-23-10-4-7-17(12-23)25-18-11-16(22)8-9-19(18)28-21(25)27/h8-9,11,14-15,17H,3-7,10,12-13H2,1-2H3. The van der Waals surface area contributed by atoms with Crippen LogP contribution in [0.15, 0.2) is 27.4 Å². The highest BCUT2D eigenvalue weighted by atomic mass is 35.5. The fourth-order valence-electron chi connectivity index (χ4n) is 4.92. The van der Waals surface area contributed by atoms with Crippen LogP contribution in [0.2, 0.25) is 5.02 Å². The number of carbonyl (C=O) groups is 1. The summed E-state index contributed by atoms with van der Waals surface area (Å²) in [7, 11) is 0. The second kappa shape index (κ2) is 7.91. The molecule has 3 heterocycles. The number of hydrogen-bond donors (Lipinski definition) is 0. The van der Waals surface area contributed by atoms with Crippen LogP contribution in [-0.2, 0) is 4.79 Å². The lowest BCUT2D eigenvalue weighted by Crippen LogP contribution is -2.52. The summed E-state index contributed by atoms with van der Waals surface area (Å²) in [4.78, 5) is 29.7. The van der Waals surface area contributed by atoms with E-state index < -0.39 is 0 Å². The van der Waals surface area contributed by atoms with Gasteiger partial charge in [-0.2, -0.15) is 0 Å². The van der Waals surface area contributed by atoms with Gasteiger partial charge in [0, 0.05) is 23.7 Å². The van der Waals surface area contributed by atoms with Crippen molar-refractivity contribution in [2.24, 2.45) is 0 Å². The topological polar surface area (TPSA) is 58.7 Å². The van der Waals surface area contributed by atoms with Crippen LogP contribution in [-0.4, -0.2) is 52.0 Å². The summed E-state index contributed by atoms with van der Waals surface area (Å²) in [5.74, 6) is -0.151. The summed E-state index contributed by atoms with van der Waals surface area (Å²) < 4.78 is 7.11. The van der Waals surface area contributed by atoms with E-state index in [0.717, 1.165) is 37.7 Å². The average molecular weight is 406 g/mol. The highest BCUT2D eigenvalue weighted by Gasteiger charge is 2.32. The molecule has 0 saturated carbocycles. The molecular formula is C21H28ClN3O3. The fraction of sp³-hybridized carbons (Fsp3) is 0.619. The zero-order valence-corrected chi connectivity index (χ0v) is 17.3. The van der Waals surface area contributed by atoms with Gasteiger partial charge >= 0.3 is 5.76 Å². The summed E-state index contributed by atoms with van der Waals surface area (Å²) in [5.41, 5.74) is 1.28. The Balaban J connectivity index is 1.51. The van der Waals surface area contributed by atoms with Crippen LogP contribution in [0.1, 0.15) is 52.0 Å². The highest BCUT2D eigenvalue weighted by molar-refractivity contribution is 6.31. The molecule has 152 valence electrons. The molecule has 6 nitrogen and oxygen atoms in total. The number of halogens is 1. The average Bonchev–Trinajstić information content (AvgIpc) is 2.96. The molecule has 2 aliphatic rings. The van der Waals surface area contributed by atoms with Crippen molar-refractivity contribution in [2.45, 2.75) is 64.1 Å². The lowest BCUT2D eigenvalue weighted by atomic mass is 9.97. The van der Waals surface area contributed by atoms with Gasteiger partial charge in [-0.05, 0) is 70.7 Å². The highest BCUT2D eigenvalue weighted by Crippen LogP contribution is 2.27.